The van der Waals surface area contributed by atoms with Crippen molar-refractivity contribution >= 4 is 28.9 Å². The lowest BCUT2D eigenvalue weighted by molar-refractivity contribution is -0.343. The van der Waals surface area contributed by atoms with Crippen LogP contribution >= 0.6 is 23.8 Å². The molecule has 3 aromatic rings. The molecule has 1 fully saturated rings. The molecule has 1 aliphatic heterocycles. The first-order valence-corrected chi connectivity index (χ1v) is 11.1. The van der Waals surface area contributed by atoms with E-state index < -0.39 is 23.5 Å². The van der Waals surface area contributed by atoms with Crippen LogP contribution in [0.4, 0.5) is 13.2 Å². The first kappa shape index (κ1) is 25.1. The van der Waals surface area contributed by atoms with Gasteiger partial charge in [-0.25, -0.2) is 0 Å². The number of furan rings is 1. The number of aliphatic hydroxyl groups is 2. The number of alkyl halides is 3. The lowest BCUT2D eigenvalue weighted by atomic mass is 9.75. The van der Waals surface area contributed by atoms with Crippen molar-refractivity contribution in [2.45, 2.75) is 23.5 Å². The maximum atomic E-state index is 14.6. The van der Waals surface area contributed by atoms with Crippen LogP contribution < -0.4 is 15.4 Å². The molecule has 3 atom stereocenters. The fraction of sp³-hybridized carbons (Fsp3) is 0.208. The molecule has 0 saturated carbocycles. The minimum atomic E-state index is -5.34. The Hall–Kier alpha value is -3.05. The minimum Gasteiger partial charge on any atom is -0.490 e. The maximum absolute atomic E-state index is 14.6. The van der Waals surface area contributed by atoms with Gasteiger partial charge in [-0.3, -0.25) is 0 Å². The zero-order valence-corrected chi connectivity index (χ0v) is 19.5. The molecule has 11 heteroatoms. The summed E-state index contributed by atoms with van der Waals surface area (Å²) in [5.41, 5.74) is -6.61. The first-order chi connectivity index (χ1) is 16.5. The van der Waals surface area contributed by atoms with Gasteiger partial charge < -0.3 is 30.0 Å². The standard InChI is InChI=1S/C24H20ClF3N2O4S/c1-2-13-33-17-9-5-15(6-10-17)23(32)22(31,24(26,27)28)20(29-21(35)30-23)19-12-11-18(34-19)14-3-7-16(25)8-4-14/h2-12,20,31-32H,1,13H2,(H2,29,30,35). The third kappa shape index (κ3) is 4.38. The van der Waals surface area contributed by atoms with E-state index in [1.807, 2.05) is 0 Å². The van der Waals surface area contributed by atoms with E-state index in [1.54, 1.807) is 24.3 Å². The van der Waals surface area contributed by atoms with Crippen LogP contribution in [0, 0.1) is 0 Å². The van der Waals surface area contributed by atoms with Crippen LogP contribution in [0.3, 0.4) is 0 Å². The number of hydrogen-bond acceptors (Lipinski definition) is 5. The maximum Gasteiger partial charge on any atom is 0.424 e. The van der Waals surface area contributed by atoms with Crippen molar-refractivity contribution in [1.82, 2.24) is 10.6 Å². The summed E-state index contributed by atoms with van der Waals surface area (Å²) >= 11 is 11.0. The largest absolute Gasteiger partial charge is 0.490 e. The monoisotopic (exact) mass is 524 g/mol. The van der Waals surface area contributed by atoms with Crippen LogP contribution in [0.1, 0.15) is 17.4 Å². The van der Waals surface area contributed by atoms with E-state index in [4.69, 9.17) is 33.0 Å². The van der Waals surface area contributed by atoms with Gasteiger partial charge in [0.15, 0.2) is 5.11 Å². The molecule has 2 heterocycles. The molecule has 0 radical (unpaired) electrons. The second-order valence-electron chi connectivity index (χ2n) is 7.84. The molecular weight excluding hydrogens is 505 g/mol. The molecule has 0 spiro atoms. The van der Waals surface area contributed by atoms with Crippen LogP contribution in [0.15, 0.2) is 77.7 Å². The molecular formula is C24H20ClF3N2O4S. The van der Waals surface area contributed by atoms with Crippen molar-refractivity contribution in [3.63, 3.8) is 0 Å². The summed E-state index contributed by atoms with van der Waals surface area (Å²) in [7, 11) is 0. The molecule has 184 valence electrons. The Morgan fingerprint density at radius 1 is 1.09 bits per heavy atom. The predicted octanol–water partition coefficient (Wildman–Crippen LogP) is 4.82. The quantitative estimate of drug-likeness (QED) is 0.272. The molecule has 1 saturated heterocycles. The fourth-order valence-electron chi connectivity index (χ4n) is 3.90. The zero-order chi connectivity index (χ0) is 25.4. The van der Waals surface area contributed by atoms with Gasteiger partial charge in [0.25, 0.3) is 0 Å². The van der Waals surface area contributed by atoms with Crippen LogP contribution in [-0.2, 0) is 5.72 Å². The van der Waals surface area contributed by atoms with Crippen molar-refractivity contribution in [3.8, 4) is 17.1 Å². The second-order valence-corrected chi connectivity index (χ2v) is 8.68. The number of hydrogen-bond donors (Lipinski definition) is 4. The summed E-state index contributed by atoms with van der Waals surface area (Å²) in [5.74, 6) is 0.280. The number of nitrogens with one attached hydrogen (secondary N) is 2. The minimum absolute atomic E-state index is 0.179. The molecule has 6 nitrogen and oxygen atoms in total. The Bertz CT molecular complexity index is 1230. The number of thiocarbonyl (C=S) groups is 1. The highest BCUT2D eigenvalue weighted by Crippen LogP contribution is 2.52. The average Bonchev–Trinajstić information content (AvgIpc) is 3.30. The summed E-state index contributed by atoms with van der Waals surface area (Å²) < 4.78 is 54.7. The van der Waals surface area contributed by atoms with Gasteiger partial charge in [0.2, 0.25) is 11.3 Å². The van der Waals surface area contributed by atoms with Crippen molar-refractivity contribution in [1.29, 1.82) is 0 Å². The normalized spacial score (nSPS) is 24.4. The van der Waals surface area contributed by atoms with E-state index in [0.717, 1.165) is 0 Å². The molecule has 35 heavy (non-hydrogen) atoms. The van der Waals surface area contributed by atoms with Gasteiger partial charge in [-0.2, -0.15) is 13.2 Å². The molecule has 0 aliphatic carbocycles. The summed E-state index contributed by atoms with van der Waals surface area (Å²) in [6.45, 7) is 3.70. The highest BCUT2D eigenvalue weighted by atomic mass is 35.5. The van der Waals surface area contributed by atoms with E-state index in [9.17, 15) is 23.4 Å². The van der Waals surface area contributed by atoms with Crippen molar-refractivity contribution in [3.05, 3.63) is 89.7 Å². The molecule has 2 aromatic carbocycles. The Labute approximate surface area is 209 Å². The summed E-state index contributed by atoms with van der Waals surface area (Å²) in [4.78, 5) is 0. The topological polar surface area (TPSA) is 86.9 Å². The average molecular weight is 525 g/mol. The molecule has 0 bridgehead atoms. The first-order valence-electron chi connectivity index (χ1n) is 10.3. The van der Waals surface area contributed by atoms with Crippen LogP contribution in [0.2, 0.25) is 5.02 Å². The predicted molar refractivity (Wildman–Crippen MR) is 128 cm³/mol. The van der Waals surface area contributed by atoms with Crippen LogP contribution in [-0.4, -0.2) is 33.7 Å². The van der Waals surface area contributed by atoms with Crippen molar-refractivity contribution in [2.24, 2.45) is 0 Å². The number of rotatable bonds is 6. The second kappa shape index (κ2) is 9.19. The Kier molecular flexibility index (Phi) is 6.58. The highest BCUT2D eigenvalue weighted by Gasteiger charge is 2.74. The number of ether oxygens (including phenoxy) is 1. The van der Waals surface area contributed by atoms with Gasteiger partial charge in [0, 0.05) is 16.1 Å². The van der Waals surface area contributed by atoms with E-state index >= 15 is 0 Å². The molecule has 3 unspecified atom stereocenters. The smallest absolute Gasteiger partial charge is 0.424 e. The Morgan fingerprint density at radius 2 is 1.74 bits per heavy atom. The summed E-state index contributed by atoms with van der Waals surface area (Å²) in [5, 5.41) is 27.4. The van der Waals surface area contributed by atoms with Crippen molar-refractivity contribution in [2.75, 3.05) is 6.61 Å². The van der Waals surface area contributed by atoms with E-state index in [1.165, 1.54) is 42.5 Å². The summed E-state index contributed by atoms with van der Waals surface area (Å²) in [6, 6.07) is 12.3. The fourth-order valence-corrected chi connectivity index (χ4v) is 4.29. The number of benzene rings is 2. The Balaban J connectivity index is 1.79. The molecule has 4 rings (SSSR count). The van der Waals surface area contributed by atoms with Gasteiger partial charge in [-0.15, -0.1) is 0 Å². The molecule has 1 aliphatic rings. The molecule has 0 amide bonds. The summed E-state index contributed by atoms with van der Waals surface area (Å²) in [6.07, 6.45) is -3.84. The van der Waals surface area contributed by atoms with Gasteiger partial charge in [0.1, 0.15) is 29.9 Å². The van der Waals surface area contributed by atoms with E-state index in [-0.39, 0.29) is 28.8 Å². The van der Waals surface area contributed by atoms with E-state index in [2.05, 4.69) is 17.2 Å². The molecule has 1 aromatic heterocycles. The van der Waals surface area contributed by atoms with Crippen molar-refractivity contribution < 1.29 is 32.5 Å². The third-order valence-electron chi connectivity index (χ3n) is 5.65. The molecule has 4 N–H and O–H groups in total. The van der Waals surface area contributed by atoms with Crippen LogP contribution in [0.5, 0.6) is 5.75 Å². The van der Waals surface area contributed by atoms with Gasteiger partial charge in [-0.05, 0) is 60.7 Å². The van der Waals surface area contributed by atoms with Crippen LogP contribution in [0.25, 0.3) is 11.3 Å². The van der Waals surface area contributed by atoms with Gasteiger partial charge in [0.05, 0.1) is 0 Å². The number of halogens is 4. The van der Waals surface area contributed by atoms with E-state index in [0.29, 0.717) is 16.3 Å². The lowest BCUT2D eigenvalue weighted by Gasteiger charge is -2.52. The zero-order valence-electron chi connectivity index (χ0n) is 18.0. The Morgan fingerprint density at radius 3 is 2.34 bits per heavy atom. The van der Waals surface area contributed by atoms with Gasteiger partial charge in [-0.1, -0.05) is 36.4 Å². The van der Waals surface area contributed by atoms with Gasteiger partial charge >= 0.3 is 6.18 Å². The third-order valence-corrected chi connectivity index (χ3v) is 6.12. The highest BCUT2D eigenvalue weighted by molar-refractivity contribution is 7.80. The SMILES string of the molecule is C=CCOc1ccc(C2(O)NC(=S)NC(c3ccc(-c4ccc(Cl)cc4)o3)C2(O)C(F)(F)F)cc1. The lowest BCUT2D eigenvalue weighted by Crippen LogP contribution is -2.77.